The molecule has 1 saturated heterocycles. The van der Waals surface area contributed by atoms with E-state index < -0.39 is 0 Å². The van der Waals surface area contributed by atoms with Crippen LogP contribution in [0.2, 0.25) is 0 Å². The summed E-state index contributed by atoms with van der Waals surface area (Å²) in [7, 11) is 1.55. The van der Waals surface area contributed by atoms with Gasteiger partial charge in [-0.15, -0.1) is 0 Å². The Morgan fingerprint density at radius 3 is 2.92 bits per heavy atom. The number of aromatic nitrogens is 1. The maximum absolute atomic E-state index is 12.2. The number of carbonyl (C=O) groups excluding carboxylic acids is 2. The molecule has 3 heterocycles. The Hall–Kier alpha value is -2.21. The average molecular weight is 329 g/mol. The number of aldehydes is 1. The third-order valence-electron chi connectivity index (χ3n) is 4.74. The monoisotopic (exact) mass is 329 g/mol. The fraction of sp³-hybridized carbons (Fsp3) is 0.500. The normalized spacial score (nSPS) is 20.2. The van der Waals surface area contributed by atoms with Crippen LogP contribution in [0, 0.1) is 0 Å². The highest BCUT2D eigenvalue weighted by Crippen LogP contribution is 2.30. The fourth-order valence-electron chi connectivity index (χ4n) is 3.45. The van der Waals surface area contributed by atoms with Gasteiger partial charge in [0.15, 0.2) is 6.29 Å². The van der Waals surface area contributed by atoms with E-state index >= 15 is 0 Å². The summed E-state index contributed by atoms with van der Waals surface area (Å²) in [5.74, 6) is 0.803. The topological polar surface area (TPSA) is 62.7 Å². The van der Waals surface area contributed by atoms with Crippen LogP contribution in [-0.4, -0.2) is 48.4 Å². The zero-order valence-corrected chi connectivity index (χ0v) is 14.2. The van der Waals surface area contributed by atoms with Gasteiger partial charge in [-0.25, -0.2) is 4.98 Å². The Kier molecular flexibility index (Phi) is 4.66. The highest BCUT2D eigenvalue weighted by atomic mass is 16.5. The molecule has 1 aromatic rings. The van der Waals surface area contributed by atoms with Crippen molar-refractivity contribution in [2.75, 3.05) is 25.1 Å². The van der Waals surface area contributed by atoms with Gasteiger partial charge in [-0.05, 0) is 31.4 Å². The molecule has 24 heavy (non-hydrogen) atoms. The second kappa shape index (κ2) is 6.73. The maximum Gasteiger partial charge on any atom is 0.252 e. The average Bonchev–Trinajstić information content (AvgIpc) is 2.93. The number of methoxy groups -OCH3 is 1. The van der Waals surface area contributed by atoms with Gasteiger partial charge in [-0.1, -0.05) is 6.58 Å². The maximum atomic E-state index is 12.2. The van der Waals surface area contributed by atoms with Crippen molar-refractivity contribution in [3.63, 3.8) is 0 Å². The predicted octanol–water partition coefficient (Wildman–Crippen LogP) is 1.93. The number of aryl methyl sites for hydroxylation is 1. The van der Waals surface area contributed by atoms with E-state index in [2.05, 4.69) is 16.5 Å². The number of likely N-dealkylation sites (tertiary alicyclic amines) is 1. The highest BCUT2D eigenvalue weighted by molar-refractivity contribution is 5.83. The Labute approximate surface area is 142 Å². The summed E-state index contributed by atoms with van der Waals surface area (Å²) in [6, 6.07) is 2.02. The highest BCUT2D eigenvalue weighted by Gasteiger charge is 2.32. The first kappa shape index (κ1) is 16.6. The minimum absolute atomic E-state index is 0.0179. The molecule has 3 rings (SSSR count). The second-order valence-corrected chi connectivity index (χ2v) is 6.40. The van der Waals surface area contributed by atoms with Crippen LogP contribution in [0.1, 0.15) is 41.4 Å². The van der Waals surface area contributed by atoms with Gasteiger partial charge in [0.1, 0.15) is 17.6 Å². The number of allylic oxidation sites excluding steroid dienone is 1. The number of anilines is 1. The van der Waals surface area contributed by atoms with Gasteiger partial charge in [-0.2, -0.15) is 0 Å². The predicted molar refractivity (Wildman–Crippen MR) is 90.9 cm³/mol. The van der Waals surface area contributed by atoms with Crippen LogP contribution >= 0.6 is 0 Å². The molecule has 0 saturated carbocycles. The van der Waals surface area contributed by atoms with Crippen LogP contribution in [0.15, 0.2) is 18.3 Å². The number of hydrogen-bond donors (Lipinski definition) is 0. The van der Waals surface area contributed by atoms with Gasteiger partial charge in [0, 0.05) is 44.4 Å². The molecule has 2 aliphatic rings. The molecule has 1 amide bonds. The van der Waals surface area contributed by atoms with E-state index in [9.17, 15) is 9.59 Å². The number of fused-ring (bicyclic) bond motifs is 1. The lowest BCUT2D eigenvalue weighted by Gasteiger charge is -2.31. The molecular formula is C18H23N3O3. The summed E-state index contributed by atoms with van der Waals surface area (Å²) in [5, 5.41) is 0. The minimum Gasteiger partial charge on any atom is -0.372 e. The van der Waals surface area contributed by atoms with Crippen molar-refractivity contribution < 1.29 is 14.3 Å². The zero-order valence-electron chi connectivity index (χ0n) is 14.2. The molecule has 1 unspecified atom stereocenters. The zero-order chi connectivity index (χ0) is 17.3. The third kappa shape index (κ3) is 2.94. The Balaban J connectivity index is 1.91. The largest absolute Gasteiger partial charge is 0.372 e. The Bertz CT molecular complexity index is 686. The van der Waals surface area contributed by atoms with Crippen LogP contribution in [0.4, 0.5) is 5.82 Å². The van der Waals surface area contributed by atoms with Crippen molar-refractivity contribution in [2.45, 2.75) is 38.8 Å². The van der Waals surface area contributed by atoms with E-state index in [0.717, 1.165) is 48.3 Å². The van der Waals surface area contributed by atoms with Crippen LogP contribution in [0.5, 0.6) is 0 Å². The van der Waals surface area contributed by atoms with Gasteiger partial charge >= 0.3 is 0 Å². The molecule has 2 aliphatic heterocycles. The molecule has 0 aromatic carbocycles. The van der Waals surface area contributed by atoms with Crippen LogP contribution in [-0.2, 0) is 22.5 Å². The molecule has 1 atom stereocenters. The molecule has 6 heteroatoms. The Morgan fingerprint density at radius 1 is 1.50 bits per heavy atom. The standard InChI is InChI=1S/C18H23N3O3/c1-12(2)21-7-4-5-13-9-14(15(11-22)19-17(13)21)10-20-8-6-16(24-3)18(20)23/h9,11,16H,1,4-8,10H2,2-3H3. The van der Waals surface area contributed by atoms with Crippen LogP contribution in [0.3, 0.4) is 0 Å². The molecule has 0 bridgehead atoms. The summed E-state index contributed by atoms with van der Waals surface area (Å²) in [5.41, 5.74) is 3.23. The summed E-state index contributed by atoms with van der Waals surface area (Å²) < 4.78 is 5.19. The van der Waals surface area contributed by atoms with E-state index in [4.69, 9.17) is 4.74 Å². The van der Waals surface area contributed by atoms with Gasteiger partial charge in [0.2, 0.25) is 0 Å². The molecule has 0 aliphatic carbocycles. The van der Waals surface area contributed by atoms with Crippen LogP contribution in [0.25, 0.3) is 0 Å². The third-order valence-corrected chi connectivity index (χ3v) is 4.74. The molecule has 0 spiro atoms. The molecule has 1 fully saturated rings. The van der Waals surface area contributed by atoms with E-state index in [1.54, 1.807) is 12.0 Å². The summed E-state index contributed by atoms with van der Waals surface area (Å²) in [4.78, 5) is 32.1. The molecule has 0 N–H and O–H groups in total. The first-order valence-corrected chi connectivity index (χ1v) is 8.27. The molecule has 1 aromatic heterocycles. The van der Waals surface area contributed by atoms with Crippen molar-refractivity contribution in [3.05, 3.63) is 35.2 Å². The van der Waals surface area contributed by atoms with Gasteiger partial charge in [0.25, 0.3) is 5.91 Å². The quantitative estimate of drug-likeness (QED) is 0.773. The molecule has 128 valence electrons. The van der Waals surface area contributed by atoms with Crippen molar-refractivity contribution in [1.29, 1.82) is 0 Å². The number of pyridine rings is 1. The number of amides is 1. The number of hydrogen-bond acceptors (Lipinski definition) is 5. The minimum atomic E-state index is -0.367. The first-order valence-electron chi connectivity index (χ1n) is 8.27. The Morgan fingerprint density at radius 2 is 2.29 bits per heavy atom. The fourth-order valence-corrected chi connectivity index (χ4v) is 3.45. The summed E-state index contributed by atoms with van der Waals surface area (Å²) in [6.07, 6.45) is 3.04. The summed E-state index contributed by atoms with van der Waals surface area (Å²) in [6.45, 7) is 7.86. The first-order chi connectivity index (χ1) is 11.5. The SMILES string of the molecule is C=C(C)N1CCCc2cc(CN3CCC(OC)C3=O)c(C=O)nc21. The number of ether oxygens (including phenoxy) is 1. The molecular weight excluding hydrogens is 306 g/mol. The van der Waals surface area contributed by atoms with E-state index in [-0.39, 0.29) is 12.0 Å². The van der Waals surface area contributed by atoms with Crippen molar-refractivity contribution in [1.82, 2.24) is 9.88 Å². The smallest absolute Gasteiger partial charge is 0.252 e. The lowest BCUT2D eigenvalue weighted by Crippen LogP contribution is -2.31. The number of nitrogens with zero attached hydrogens (tertiary/aromatic N) is 3. The van der Waals surface area contributed by atoms with Crippen LogP contribution < -0.4 is 4.90 Å². The van der Waals surface area contributed by atoms with E-state index in [1.165, 1.54) is 0 Å². The molecule has 6 nitrogen and oxygen atoms in total. The molecule has 0 radical (unpaired) electrons. The van der Waals surface area contributed by atoms with Gasteiger partial charge < -0.3 is 14.5 Å². The lowest BCUT2D eigenvalue weighted by atomic mass is 10.0. The van der Waals surface area contributed by atoms with Crippen molar-refractivity contribution in [2.24, 2.45) is 0 Å². The van der Waals surface area contributed by atoms with E-state index in [1.807, 2.05) is 13.0 Å². The second-order valence-electron chi connectivity index (χ2n) is 6.40. The number of rotatable bonds is 5. The summed E-state index contributed by atoms with van der Waals surface area (Å²) >= 11 is 0. The lowest BCUT2D eigenvalue weighted by molar-refractivity contribution is -0.136. The number of carbonyl (C=O) groups is 2. The van der Waals surface area contributed by atoms with Crippen molar-refractivity contribution >= 4 is 18.0 Å². The van der Waals surface area contributed by atoms with Crippen molar-refractivity contribution in [3.8, 4) is 0 Å². The van der Waals surface area contributed by atoms with Gasteiger partial charge in [0.05, 0.1) is 0 Å². The van der Waals surface area contributed by atoms with Gasteiger partial charge in [-0.3, -0.25) is 9.59 Å². The van der Waals surface area contributed by atoms with E-state index in [0.29, 0.717) is 25.2 Å².